The maximum Gasteiger partial charge on any atom is 0.120 e. The molecule has 0 amide bonds. The molecule has 1 aliphatic rings. The zero-order valence-electron chi connectivity index (χ0n) is 11.6. The third-order valence-electron chi connectivity index (χ3n) is 3.64. The summed E-state index contributed by atoms with van der Waals surface area (Å²) in [6.07, 6.45) is 1.25. The Kier molecular flexibility index (Phi) is 4.80. The molecular formula is C14H25N3O. The van der Waals surface area contributed by atoms with Gasteiger partial charge in [0.15, 0.2) is 0 Å². The van der Waals surface area contributed by atoms with Crippen LogP contribution in [0.2, 0.25) is 0 Å². The molecule has 0 spiro atoms. The molecule has 18 heavy (non-hydrogen) atoms. The average Bonchev–Trinajstić information content (AvgIpc) is 2.72. The molecule has 0 bridgehead atoms. The van der Waals surface area contributed by atoms with Crippen molar-refractivity contribution in [2.24, 2.45) is 5.73 Å². The summed E-state index contributed by atoms with van der Waals surface area (Å²) in [5, 5.41) is 0. The fraction of sp³-hybridized carbons (Fsp3) is 0.714. The monoisotopic (exact) mass is 251 g/mol. The van der Waals surface area contributed by atoms with Crippen LogP contribution in [0.5, 0.6) is 0 Å². The summed E-state index contributed by atoms with van der Waals surface area (Å²) in [4.78, 5) is 5.00. The minimum Gasteiger partial charge on any atom is -0.463 e. The van der Waals surface area contributed by atoms with Crippen LogP contribution >= 0.6 is 0 Å². The van der Waals surface area contributed by atoms with Crippen LogP contribution in [0.15, 0.2) is 10.5 Å². The Hall–Kier alpha value is -0.840. The number of furan rings is 1. The molecule has 1 aliphatic heterocycles. The molecule has 2 heterocycles. The summed E-state index contributed by atoms with van der Waals surface area (Å²) in [7, 11) is 0. The van der Waals surface area contributed by atoms with Gasteiger partial charge in [-0.2, -0.15) is 0 Å². The summed E-state index contributed by atoms with van der Waals surface area (Å²) in [5.41, 5.74) is 6.81. The van der Waals surface area contributed by atoms with Gasteiger partial charge < -0.3 is 15.1 Å². The molecule has 1 fully saturated rings. The molecule has 1 saturated heterocycles. The molecule has 2 rings (SSSR count). The predicted octanol–water partition coefficient (Wildman–Crippen LogP) is 1.57. The first-order valence-corrected chi connectivity index (χ1v) is 6.96. The molecule has 0 atom stereocenters. The van der Waals surface area contributed by atoms with E-state index in [-0.39, 0.29) is 0 Å². The lowest BCUT2D eigenvalue weighted by Gasteiger charge is -2.33. The van der Waals surface area contributed by atoms with E-state index in [4.69, 9.17) is 10.2 Å². The highest BCUT2D eigenvalue weighted by atomic mass is 16.3. The zero-order valence-corrected chi connectivity index (χ0v) is 11.6. The van der Waals surface area contributed by atoms with E-state index in [1.807, 2.05) is 0 Å². The lowest BCUT2D eigenvalue weighted by atomic mass is 10.2. The second-order valence-corrected chi connectivity index (χ2v) is 5.14. The van der Waals surface area contributed by atoms with Gasteiger partial charge in [-0.15, -0.1) is 0 Å². The van der Waals surface area contributed by atoms with Crippen molar-refractivity contribution in [3.8, 4) is 0 Å². The molecular weight excluding hydrogens is 226 g/mol. The second-order valence-electron chi connectivity index (χ2n) is 5.14. The van der Waals surface area contributed by atoms with E-state index in [9.17, 15) is 0 Å². The van der Waals surface area contributed by atoms with Crippen LogP contribution in [-0.2, 0) is 13.1 Å². The number of nitrogens with zero attached hydrogens (tertiary/aromatic N) is 2. The summed E-state index contributed by atoms with van der Waals surface area (Å²) in [6.45, 7) is 11.6. The van der Waals surface area contributed by atoms with Crippen molar-refractivity contribution in [1.82, 2.24) is 9.80 Å². The van der Waals surface area contributed by atoms with E-state index in [0.717, 1.165) is 31.2 Å². The van der Waals surface area contributed by atoms with Crippen molar-refractivity contribution < 1.29 is 4.42 Å². The van der Waals surface area contributed by atoms with Crippen LogP contribution in [0.25, 0.3) is 0 Å². The Balaban J connectivity index is 1.83. The van der Waals surface area contributed by atoms with E-state index in [1.54, 1.807) is 0 Å². The van der Waals surface area contributed by atoms with Gasteiger partial charge in [-0.25, -0.2) is 0 Å². The second kappa shape index (κ2) is 6.36. The van der Waals surface area contributed by atoms with Crippen molar-refractivity contribution in [3.05, 3.63) is 23.2 Å². The van der Waals surface area contributed by atoms with Crippen LogP contribution < -0.4 is 5.73 Å². The number of hydrogen-bond donors (Lipinski definition) is 1. The Morgan fingerprint density at radius 2 is 1.89 bits per heavy atom. The minimum atomic E-state index is 0.496. The number of rotatable bonds is 5. The molecule has 0 saturated carbocycles. The van der Waals surface area contributed by atoms with Crippen molar-refractivity contribution >= 4 is 0 Å². The summed E-state index contributed by atoms with van der Waals surface area (Å²) >= 11 is 0. The van der Waals surface area contributed by atoms with Gasteiger partial charge in [-0.3, -0.25) is 4.90 Å². The van der Waals surface area contributed by atoms with Gasteiger partial charge in [0.05, 0.1) is 13.1 Å². The first-order valence-electron chi connectivity index (χ1n) is 6.96. The van der Waals surface area contributed by atoms with E-state index < -0.39 is 0 Å². The Bertz CT molecular complexity index is 367. The molecule has 0 aliphatic carbocycles. The lowest BCUT2D eigenvalue weighted by Crippen LogP contribution is -2.45. The number of hydrogen-bond acceptors (Lipinski definition) is 4. The molecule has 1 aromatic heterocycles. The molecule has 102 valence electrons. The third kappa shape index (κ3) is 3.34. The van der Waals surface area contributed by atoms with E-state index in [1.165, 1.54) is 31.6 Å². The average molecular weight is 251 g/mol. The highest BCUT2D eigenvalue weighted by molar-refractivity contribution is 5.19. The van der Waals surface area contributed by atoms with Crippen LogP contribution in [0.1, 0.15) is 30.4 Å². The zero-order chi connectivity index (χ0) is 13.0. The molecule has 0 unspecified atom stereocenters. The first kappa shape index (κ1) is 13.6. The standard InChI is InChI=1S/C14H25N3O/c1-3-4-16-5-7-17(8-6-16)11-13-9-12(2)14(10-15)18-13/h9H,3-8,10-11,15H2,1-2H3. The van der Waals surface area contributed by atoms with Gasteiger partial charge >= 0.3 is 0 Å². The number of nitrogens with two attached hydrogens (primary N) is 1. The van der Waals surface area contributed by atoms with Gasteiger partial charge in [0, 0.05) is 26.2 Å². The topological polar surface area (TPSA) is 45.6 Å². The highest BCUT2D eigenvalue weighted by Crippen LogP contribution is 2.16. The third-order valence-corrected chi connectivity index (χ3v) is 3.64. The van der Waals surface area contributed by atoms with Gasteiger partial charge in [0.2, 0.25) is 0 Å². The van der Waals surface area contributed by atoms with E-state index in [0.29, 0.717) is 6.54 Å². The molecule has 0 radical (unpaired) electrons. The van der Waals surface area contributed by atoms with Crippen molar-refractivity contribution in [2.75, 3.05) is 32.7 Å². The van der Waals surface area contributed by atoms with Gasteiger partial charge in [-0.05, 0) is 31.5 Å². The minimum absolute atomic E-state index is 0.496. The molecule has 2 N–H and O–H groups in total. The van der Waals surface area contributed by atoms with Crippen LogP contribution in [-0.4, -0.2) is 42.5 Å². The SMILES string of the molecule is CCCN1CCN(Cc2cc(C)c(CN)o2)CC1. The molecule has 4 heteroatoms. The highest BCUT2D eigenvalue weighted by Gasteiger charge is 2.17. The molecule has 1 aromatic rings. The smallest absolute Gasteiger partial charge is 0.120 e. The molecule has 4 nitrogen and oxygen atoms in total. The van der Waals surface area contributed by atoms with Gasteiger partial charge in [-0.1, -0.05) is 6.92 Å². The van der Waals surface area contributed by atoms with Crippen molar-refractivity contribution in [2.45, 2.75) is 33.4 Å². The Morgan fingerprint density at radius 3 is 2.44 bits per heavy atom. The first-order chi connectivity index (χ1) is 8.72. The quantitative estimate of drug-likeness (QED) is 0.863. The normalized spacial score (nSPS) is 18.4. The maximum absolute atomic E-state index is 5.76. The largest absolute Gasteiger partial charge is 0.463 e. The van der Waals surface area contributed by atoms with Crippen molar-refractivity contribution in [3.63, 3.8) is 0 Å². The van der Waals surface area contributed by atoms with Crippen LogP contribution in [0.3, 0.4) is 0 Å². The fourth-order valence-corrected chi connectivity index (χ4v) is 2.58. The predicted molar refractivity (Wildman–Crippen MR) is 73.3 cm³/mol. The van der Waals surface area contributed by atoms with E-state index in [2.05, 4.69) is 29.7 Å². The maximum atomic E-state index is 5.76. The lowest BCUT2D eigenvalue weighted by molar-refractivity contribution is 0.120. The van der Waals surface area contributed by atoms with E-state index >= 15 is 0 Å². The summed E-state index contributed by atoms with van der Waals surface area (Å²) < 4.78 is 5.76. The van der Waals surface area contributed by atoms with Crippen LogP contribution in [0, 0.1) is 6.92 Å². The Morgan fingerprint density at radius 1 is 1.22 bits per heavy atom. The number of aryl methyl sites for hydroxylation is 1. The van der Waals surface area contributed by atoms with Gasteiger partial charge in [0.25, 0.3) is 0 Å². The van der Waals surface area contributed by atoms with Crippen LogP contribution in [0.4, 0.5) is 0 Å². The van der Waals surface area contributed by atoms with Gasteiger partial charge in [0.1, 0.15) is 11.5 Å². The summed E-state index contributed by atoms with van der Waals surface area (Å²) in [5.74, 6) is 1.98. The fourth-order valence-electron chi connectivity index (χ4n) is 2.58. The number of piperazine rings is 1. The molecule has 0 aromatic carbocycles. The summed E-state index contributed by atoms with van der Waals surface area (Å²) in [6, 6.07) is 2.13. The Labute approximate surface area is 110 Å². The van der Waals surface area contributed by atoms with Crippen molar-refractivity contribution in [1.29, 1.82) is 0 Å².